The summed E-state index contributed by atoms with van der Waals surface area (Å²) in [4.78, 5) is 22.7. The second-order valence-electron chi connectivity index (χ2n) is 3.73. The van der Waals surface area contributed by atoms with Gasteiger partial charge < -0.3 is 21.3 Å². The van der Waals surface area contributed by atoms with E-state index >= 15 is 0 Å². The summed E-state index contributed by atoms with van der Waals surface area (Å²) < 4.78 is 0. The molecule has 0 radical (unpaired) electrons. The molecule has 19 heavy (non-hydrogen) atoms. The molecule has 0 spiro atoms. The van der Waals surface area contributed by atoms with Gasteiger partial charge in [-0.1, -0.05) is 23.2 Å². The molecular formula is C11H12Cl2N2O4. The predicted molar refractivity (Wildman–Crippen MR) is 71.5 cm³/mol. The van der Waals surface area contributed by atoms with Crippen molar-refractivity contribution in [1.29, 1.82) is 0 Å². The zero-order valence-electron chi connectivity index (χ0n) is 9.69. The van der Waals surface area contributed by atoms with E-state index in [0.717, 1.165) is 0 Å². The number of aliphatic hydroxyl groups is 1. The number of aliphatic carboxylic acids is 1. The first-order valence-electron chi connectivity index (χ1n) is 5.26. The van der Waals surface area contributed by atoms with Gasteiger partial charge in [0.1, 0.15) is 6.04 Å². The molecule has 8 heteroatoms. The van der Waals surface area contributed by atoms with Gasteiger partial charge in [0.15, 0.2) is 0 Å². The third kappa shape index (κ3) is 3.99. The van der Waals surface area contributed by atoms with E-state index in [1.165, 1.54) is 12.1 Å². The number of carbonyl (C=O) groups is 2. The summed E-state index contributed by atoms with van der Waals surface area (Å²) in [6.07, 6.45) is -0.0997. The van der Waals surface area contributed by atoms with Gasteiger partial charge in [-0.05, 0) is 12.1 Å². The molecule has 1 unspecified atom stereocenters. The van der Waals surface area contributed by atoms with Crippen LogP contribution in [0.2, 0.25) is 10.0 Å². The van der Waals surface area contributed by atoms with Gasteiger partial charge in [-0.25, -0.2) is 4.79 Å². The van der Waals surface area contributed by atoms with Crippen LogP contribution in [0.1, 0.15) is 16.8 Å². The van der Waals surface area contributed by atoms with E-state index in [9.17, 15) is 9.59 Å². The van der Waals surface area contributed by atoms with Gasteiger partial charge in [-0.2, -0.15) is 0 Å². The smallest absolute Gasteiger partial charge is 0.326 e. The summed E-state index contributed by atoms with van der Waals surface area (Å²) in [5.74, 6) is -1.90. The molecule has 0 saturated heterocycles. The zero-order valence-corrected chi connectivity index (χ0v) is 11.2. The van der Waals surface area contributed by atoms with E-state index in [2.05, 4.69) is 5.32 Å². The molecule has 6 nitrogen and oxygen atoms in total. The lowest BCUT2D eigenvalue weighted by atomic mass is 10.1. The molecule has 1 aromatic rings. The predicted octanol–water partition coefficient (Wildman–Crippen LogP) is 1.14. The first kappa shape index (κ1) is 15.6. The van der Waals surface area contributed by atoms with Crippen LogP contribution in [-0.2, 0) is 4.79 Å². The molecule has 104 valence electrons. The van der Waals surface area contributed by atoms with E-state index in [1.807, 2.05) is 0 Å². The highest BCUT2D eigenvalue weighted by atomic mass is 35.5. The number of carboxylic acid groups (broad SMARTS) is 1. The Morgan fingerprint density at radius 3 is 2.26 bits per heavy atom. The average molecular weight is 307 g/mol. The SMILES string of the molecule is Nc1c(Cl)cc(C(=O)NC(CCO)C(=O)O)cc1Cl. The summed E-state index contributed by atoms with van der Waals surface area (Å²) in [6, 6.07) is 1.39. The molecule has 5 N–H and O–H groups in total. The van der Waals surface area contributed by atoms with Gasteiger partial charge in [0.05, 0.1) is 15.7 Å². The van der Waals surface area contributed by atoms with Gasteiger partial charge in [0, 0.05) is 18.6 Å². The lowest BCUT2D eigenvalue weighted by molar-refractivity contribution is -0.139. The first-order chi connectivity index (χ1) is 8.86. The quantitative estimate of drug-likeness (QED) is 0.609. The van der Waals surface area contributed by atoms with Crippen LogP contribution in [0.4, 0.5) is 5.69 Å². The minimum Gasteiger partial charge on any atom is -0.480 e. The van der Waals surface area contributed by atoms with Crippen LogP contribution in [0, 0.1) is 0 Å². The Labute approximate surface area is 119 Å². The van der Waals surface area contributed by atoms with Crippen LogP contribution >= 0.6 is 23.2 Å². The normalized spacial score (nSPS) is 11.9. The Kier molecular flexibility index (Phi) is 5.41. The molecule has 1 atom stereocenters. The van der Waals surface area contributed by atoms with Crippen LogP contribution in [0.5, 0.6) is 0 Å². The molecule has 0 heterocycles. The second-order valence-corrected chi connectivity index (χ2v) is 4.54. The minimum absolute atomic E-state index is 0.0911. The van der Waals surface area contributed by atoms with Gasteiger partial charge in [0.25, 0.3) is 5.91 Å². The topological polar surface area (TPSA) is 113 Å². The van der Waals surface area contributed by atoms with Crippen LogP contribution in [0.25, 0.3) is 0 Å². The Morgan fingerprint density at radius 1 is 1.32 bits per heavy atom. The number of hydrogen-bond donors (Lipinski definition) is 4. The molecule has 0 bridgehead atoms. The number of carbonyl (C=O) groups excluding carboxylic acids is 1. The highest BCUT2D eigenvalue weighted by Gasteiger charge is 2.20. The Morgan fingerprint density at radius 2 is 1.84 bits per heavy atom. The fraction of sp³-hybridized carbons (Fsp3) is 0.273. The van der Waals surface area contributed by atoms with Crippen molar-refractivity contribution < 1.29 is 19.8 Å². The fourth-order valence-corrected chi connectivity index (χ4v) is 1.83. The number of halogens is 2. The molecule has 1 amide bonds. The lowest BCUT2D eigenvalue weighted by Gasteiger charge is -2.14. The Balaban J connectivity index is 2.91. The summed E-state index contributed by atoms with van der Waals surface area (Å²) in [7, 11) is 0. The number of nitrogens with one attached hydrogen (secondary N) is 1. The number of aliphatic hydroxyl groups excluding tert-OH is 1. The number of nitrogens with two attached hydrogens (primary N) is 1. The number of hydrogen-bond acceptors (Lipinski definition) is 4. The molecule has 0 aliphatic rings. The number of anilines is 1. The van der Waals surface area contributed by atoms with Crippen LogP contribution in [-0.4, -0.2) is 34.7 Å². The summed E-state index contributed by atoms with van der Waals surface area (Å²) in [5, 5.41) is 20.0. The largest absolute Gasteiger partial charge is 0.480 e. The van der Waals surface area contributed by atoms with Gasteiger partial charge in [-0.3, -0.25) is 4.79 Å². The number of nitrogen functional groups attached to an aromatic ring is 1. The maximum atomic E-state index is 11.8. The van der Waals surface area contributed by atoms with E-state index in [0.29, 0.717) is 0 Å². The van der Waals surface area contributed by atoms with Crippen LogP contribution in [0.3, 0.4) is 0 Å². The van der Waals surface area contributed by atoms with Crippen molar-refractivity contribution in [2.75, 3.05) is 12.3 Å². The fourth-order valence-electron chi connectivity index (χ4n) is 1.34. The molecule has 0 fully saturated rings. The van der Waals surface area contributed by atoms with E-state index in [4.69, 9.17) is 39.1 Å². The van der Waals surface area contributed by atoms with Crippen molar-refractivity contribution in [3.8, 4) is 0 Å². The Hall–Kier alpha value is -1.50. The van der Waals surface area contributed by atoms with Crippen molar-refractivity contribution >= 4 is 40.8 Å². The average Bonchev–Trinajstić information content (AvgIpc) is 2.34. The van der Waals surface area contributed by atoms with Gasteiger partial charge >= 0.3 is 5.97 Å². The lowest BCUT2D eigenvalue weighted by Crippen LogP contribution is -2.41. The molecule has 0 aliphatic heterocycles. The third-order valence-electron chi connectivity index (χ3n) is 2.36. The molecule has 1 aromatic carbocycles. The molecular weight excluding hydrogens is 295 g/mol. The van der Waals surface area contributed by atoms with Crippen molar-refractivity contribution in [1.82, 2.24) is 5.32 Å². The summed E-state index contributed by atoms with van der Waals surface area (Å²) >= 11 is 11.6. The monoisotopic (exact) mass is 306 g/mol. The van der Waals surface area contributed by atoms with Crippen molar-refractivity contribution in [3.05, 3.63) is 27.7 Å². The minimum atomic E-state index is -1.24. The molecule has 0 aliphatic carbocycles. The standard InChI is InChI=1S/C11H12Cl2N2O4/c12-6-3-5(4-7(13)9(6)14)10(17)15-8(1-2-16)11(18)19/h3-4,8,16H,1-2,14H2,(H,15,17)(H,18,19). The number of amides is 1. The Bertz CT molecular complexity index is 484. The van der Waals surface area contributed by atoms with Crippen molar-refractivity contribution in [2.24, 2.45) is 0 Å². The zero-order chi connectivity index (χ0) is 14.6. The number of rotatable bonds is 5. The van der Waals surface area contributed by atoms with Gasteiger partial charge in [0.2, 0.25) is 0 Å². The number of benzene rings is 1. The van der Waals surface area contributed by atoms with Gasteiger partial charge in [-0.15, -0.1) is 0 Å². The maximum Gasteiger partial charge on any atom is 0.326 e. The molecule has 1 rings (SSSR count). The molecule has 0 saturated carbocycles. The highest BCUT2D eigenvalue weighted by Crippen LogP contribution is 2.28. The summed E-state index contributed by atoms with van der Waals surface area (Å²) in [6.45, 7) is -0.361. The van der Waals surface area contributed by atoms with E-state index in [1.54, 1.807) is 0 Å². The summed E-state index contributed by atoms with van der Waals surface area (Å²) in [5.41, 5.74) is 5.76. The van der Waals surface area contributed by atoms with E-state index < -0.39 is 17.9 Å². The maximum absolute atomic E-state index is 11.8. The van der Waals surface area contributed by atoms with Crippen LogP contribution in [0.15, 0.2) is 12.1 Å². The third-order valence-corrected chi connectivity index (χ3v) is 2.99. The van der Waals surface area contributed by atoms with Crippen molar-refractivity contribution in [3.63, 3.8) is 0 Å². The van der Waals surface area contributed by atoms with E-state index in [-0.39, 0.29) is 34.3 Å². The van der Waals surface area contributed by atoms with Crippen molar-refractivity contribution in [2.45, 2.75) is 12.5 Å². The number of carboxylic acids is 1. The first-order valence-corrected chi connectivity index (χ1v) is 6.01. The molecule has 0 aromatic heterocycles. The van der Waals surface area contributed by atoms with Crippen LogP contribution < -0.4 is 11.1 Å². The second kappa shape index (κ2) is 6.60. The highest BCUT2D eigenvalue weighted by molar-refractivity contribution is 6.39.